The fourth-order valence-corrected chi connectivity index (χ4v) is 4.63. The van der Waals surface area contributed by atoms with Crippen LogP contribution in [0.2, 0.25) is 18.1 Å². The number of imide groups is 1. The highest BCUT2D eigenvalue weighted by molar-refractivity contribution is 6.74. The molecular formula is C23H35NO4Si. The molecule has 1 aromatic carbocycles. The minimum Gasteiger partial charge on any atom is -0.447 e. The van der Waals surface area contributed by atoms with E-state index >= 15 is 0 Å². The molecule has 1 heterocycles. The summed E-state index contributed by atoms with van der Waals surface area (Å²) >= 11 is 0. The van der Waals surface area contributed by atoms with E-state index in [1.165, 1.54) is 4.90 Å². The van der Waals surface area contributed by atoms with E-state index in [0.29, 0.717) is 6.42 Å². The van der Waals surface area contributed by atoms with Crippen molar-refractivity contribution in [2.45, 2.75) is 71.3 Å². The number of ether oxygens (including phenoxy) is 1. The highest BCUT2D eigenvalue weighted by Crippen LogP contribution is 2.39. The second-order valence-corrected chi connectivity index (χ2v) is 14.3. The molecule has 0 N–H and O–H groups in total. The van der Waals surface area contributed by atoms with Crippen LogP contribution < -0.4 is 0 Å². The lowest BCUT2D eigenvalue weighted by Gasteiger charge is -2.41. The van der Waals surface area contributed by atoms with Crippen molar-refractivity contribution in [1.82, 2.24) is 4.90 Å². The average molecular weight is 418 g/mol. The summed E-state index contributed by atoms with van der Waals surface area (Å²) in [5.41, 5.74) is 1.86. The van der Waals surface area contributed by atoms with Crippen LogP contribution in [0, 0.1) is 5.92 Å². The lowest BCUT2D eigenvalue weighted by molar-refractivity contribution is -0.135. The van der Waals surface area contributed by atoms with Gasteiger partial charge in [-0.25, -0.2) is 9.69 Å². The molecule has 0 spiro atoms. The number of benzene rings is 1. The molecule has 0 saturated carbocycles. The van der Waals surface area contributed by atoms with E-state index in [0.717, 1.165) is 11.1 Å². The Morgan fingerprint density at radius 2 is 1.90 bits per heavy atom. The lowest BCUT2D eigenvalue weighted by Crippen LogP contribution is -2.50. The van der Waals surface area contributed by atoms with Gasteiger partial charge in [0.1, 0.15) is 6.61 Å². The van der Waals surface area contributed by atoms with Crippen LogP contribution in [0.4, 0.5) is 4.79 Å². The Balaban J connectivity index is 2.22. The maximum absolute atomic E-state index is 13.4. The van der Waals surface area contributed by atoms with Gasteiger partial charge in [-0.05, 0) is 37.0 Å². The number of carbonyl (C=O) groups excluding carboxylic acids is 2. The largest absolute Gasteiger partial charge is 0.447 e. The normalized spacial score (nSPS) is 19.6. The van der Waals surface area contributed by atoms with E-state index in [1.807, 2.05) is 44.2 Å². The number of cyclic esters (lactones) is 1. The summed E-state index contributed by atoms with van der Waals surface area (Å²) in [6.45, 7) is 18.8. The average Bonchev–Trinajstić information content (AvgIpc) is 2.98. The molecule has 1 aliphatic rings. The van der Waals surface area contributed by atoms with Crippen molar-refractivity contribution >= 4 is 20.3 Å². The monoisotopic (exact) mass is 417 g/mol. The zero-order chi connectivity index (χ0) is 22.0. The molecule has 1 aliphatic heterocycles. The van der Waals surface area contributed by atoms with Crippen molar-refractivity contribution in [1.29, 1.82) is 0 Å². The number of rotatable bonds is 7. The second kappa shape index (κ2) is 8.84. The molecule has 3 atom stereocenters. The van der Waals surface area contributed by atoms with Crippen molar-refractivity contribution in [2.24, 2.45) is 5.92 Å². The Bertz CT molecular complexity index is 754. The topological polar surface area (TPSA) is 55.8 Å². The van der Waals surface area contributed by atoms with Crippen LogP contribution in [-0.4, -0.2) is 44.0 Å². The van der Waals surface area contributed by atoms with Gasteiger partial charge < -0.3 is 9.16 Å². The molecule has 2 rings (SSSR count). The minimum absolute atomic E-state index is 0.00584. The van der Waals surface area contributed by atoms with E-state index in [1.54, 1.807) is 0 Å². The van der Waals surface area contributed by atoms with Gasteiger partial charge in [0.05, 0.1) is 18.1 Å². The number of amides is 2. The van der Waals surface area contributed by atoms with Gasteiger partial charge in [-0.2, -0.15) is 0 Å². The van der Waals surface area contributed by atoms with Crippen LogP contribution in [0.1, 0.15) is 40.2 Å². The molecule has 5 nitrogen and oxygen atoms in total. The Morgan fingerprint density at radius 1 is 1.31 bits per heavy atom. The van der Waals surface area contributed by atoms with Gasteiger partial charge in [0, 0.05) is 0 Å². The smallest absolute Gasteiger partial charge is 0.416 e. The molecule has 0 bridgehead atoms. The first-order valence-corrected chi connectivity index (χ1v) is 13.1. The summed E-state index contributed by atoms with van der Waals surface area (Å²) in [6, 6.07) is 9.52. The molecule has 29 heavy (non-hydrogen) atoms. The van der Waals surface area contributed by atoms with E-state index in [4.69, 9.17) is 9.16 Å². The van der Waals surface area contributed by atoms with E-state index in [-0.39, 0.29) is 23.6 Å². The summed E-state index contributed by atoms with van der Waals surface area (Å²) in [6.07, 6.45) is -0.434. The van der Waals surface area contributed by atoms with Gasteiger partial charge in [-0.1, -0.05) is 70.2 Å². The molecule has 2 amide bonds. The Kier molecular flexibility index (Phi) is 7.12. The SMILES string of the molecule is C=C(C)C(O[Si](C)(C)C(C)(C)C)C(C)C(=O)N1C(=O)OCC1Cc1ccccc1. The van der Waals surface area contributed by atoms with Gasteiger partial charge in [-0.3, -0.25) is 4.79 Å². The third kappa shape index (κ3) is 5.37. The molecule has 0 aliphatic carbocycles. The van der Waals surface area contributed by atoms with Gasteiger partial charge in [0.25, 0.3) is 0 Å². The van der Waals surface area contributed by atoms with E-state index in [2.05, 4.69) is 40.4 Å². The van der Waals surface area contributed by atoms with Crippen LogP contribution in [-0.2, 0) is 20.4 Å². The van der Waals surface area contributed by atoms with E-state index < -0.39 is 26.4 Å². The summed E-state index contributed by atoms with van der Waals surface area (Å²) in [5.74, 6) is -0.786. The van der Waals surface area contributed by atoms with Crippen molar-refractivity contribution in [3.05, 3.63) is 48.0 Å². The fourth-order valence-electron chi connectivity index (χ4n) is 3.24. The van der Waals surface area contributed by atoms with Crippen LogP contribution in [0.3, 0.4) is 0 Å². The number of carbonyl (C=O) groups is 2. The predicted octanol–water partition coefficient (Wildman–Crippen LogP) is 5.18. The van der Waals surface area contributed by atoms with Crippen LogP contribution in [0.15, 0.2) is 42.5 Å². The van der Waals surface area contributed by atoms with Crippen molar-refractivity contribution in [3.63, 3.8) is 0 Å². The number of hydrogen-bond donors (Lipinski definition) is 0. The summed E-state index contributed by atoms with van der Waals surface area (Å²) in [7, 11) is -2.12. The standard InChI is InChI=1S/C23H35NO4Si/c1-16(2)20(28-29(7,8)23(4,5)6)17(3)21(25)24-19(15-27-22(24)26)14-18-12-10-9-11-13-18/h9-13,17,19-20H,1,14-15H2,2-8H3. The summed E-state index contributed by atoms with van der Waals surface area (Å²) < 4.78 is 11.8. The summed E-state index contributed by atoms with van der Waals surface area (Å²) in [5, 5.41) is 0.00584. The summed E-state index contributed by atoms with van der Waals surface area (Å²) in [4.78, 5) is 27.0. The highest BCUT2D eigenvalue weighted by Gasteiger charge is 2.45. The van der Waals surface area contributed by atoms with Crippen molar-refractivity contribution in [3.8, 4) is 0 Å². The third-order valence-corrected chi connectivity index (χ3v) is 10.5. The zero-order valence-electron chi connectivity index (χ0n) is 18.8. The Labute approximate surface area is 176 Å². The van der Waals surface area contributed by atoms with Gasteiger partial charge in [-0.15, -0.1) is 0 Å². The Hall–Kier alpha value is -1.92. The molecular weight excluding hydrogens is 382 g/mol. The van der Waals surface area contributed by atoms with Gasteiger partial charge >= 0.3 is 6.09 Å². The molecule has 1 aromatic rings. The first kappa shape index (κ1) is 23.4. The highest BCUT2D eigenvalue weighted by atomic mass is 28.4. The van der Waals surface area contributed by atoms with Gasteiger partial charge in [0.2, 0.25) is 5.91 Å². The van der Waals surface area contributed by atoms with Crippen molar-refractivity contribution < 1.29 is 18.8 Å². The molecule has 0 radical (unpaired) electrons. The molecule has 6 heteroatoms. The van der Waals surface area contributed by atoms with Crippen LogP contribution in [0.25, 0.3) is 0 Å². The van der Waals surface area contributed by atoms with E-state index in [9.17, 15) is 9.59 Å². The molecule has 160 valence electrons. The van der Waals surface area contributed by atoms with Crippen LogP contribution in [0.5, 0.6) is 0 Å². The molecule has 3 unspecified atom stereocenters. The zero-order valence-corrected chi connectivity index (χ0v) is 19.8. The number of nitrogens with zero attached hydrogens (tertiary/aromatic N) is 1. The maximum atomic E-state index is 13.4. The fraction of sp³-hybridized carbons (Fsp3) is 0.565. The second-order valence-electron chi connectivity index (χ2n) is 9.56. The minimum atomic E-state index is -2.12. The van der Waals surface area contributed by atoms with Gasteiger partial charge in [0.15, 0.2) is 8.32 Å². The predicted molar refractivity (Wildman–Crippen MR) is 118 cm³/mol. The maximum Gasteiger partial charge on any atom is 0.416 e. The van der Waals surface area contributed by atoms with Crippen LogP contribution >= 0.6 is 0 Å². The first-order chi connectivity index (χ1) is 13.3. The molecule has 1 saturated heterocycles. The lowest BCUT2D eigenvalue weighted by atomic mass is 9.96. The quantitative estimate of drug-likeness (QED) is 0.453. The third-order valence-electron chi connectivity index (χ3n) is 6.07. The van der Waals surface area contributed by atoms with Crippen molar-refractivity contribution in [2.75, 3.05) is 6.61 Å². The molecule has 1 fully saturated rings. The molecule has 0 aromatic heterocycles. The number of hydrogen-bond acceptors (Lipinski definition) is 4. The Morgan fingerprint density at radius 3 is 2.41 bits per heavy atom. The first-order valence-electron chi connectivity index (χ1n) is 10.2.